The van der Waals surface area contributed by atoms with Crippen molar-refractivity contribution >= 4 is 28.5 Å². The number of nitrogens with zero attached hydrogens (tertiary/aromatic N) is 4. The first-order valence-electron chi connectivity index (χ1n) is 12.7. The smallest absolute Gasteiger partial charge is 0.242 e. The molecular weight excluding hydrogens is 436 g/mol. The number of para-hydroxylation sites is 2. The van der Waals surface area contributed by atoms with E-state index in [4.69, 9.17) is 4.98 Å². The summed E-state index contributed by atoms with van der Waals surface area (Å²) in [6.07, 6.45) is 0.395. The second-order valence-electron chi connectivity index (χ2n) is 10.8. The van der Waals surface area contributed by atoms with Crippen molar-refractivity contribution in [3.05, 3.63) is 59.4 Å². The normalized spacial score (nSPS) is 16.2. The van der Waals surface area contributed by atoms with Gasteiger partial charge in [0.15, 0.2) is 0 Å². The first-order chi connectivity index (χ1) is 16.6. The molecule has 1 aromatic heterocycles. The number of anilines is 1. The van der Waals surface area contributed by atoms with Crippen LogP contribution in [0, 0.1) is 25.7 Å². The Morgan fingerprint density at radius 2 is 1.74 bits per heavy atom. The number of fused-ring (bicyclic) bond motifs is 1. The molecular formula is C29H38N4O2. The molecule has 35 heavy (non-hydrogen) atoms. The summed E-state index contributed by atoms with van der Waals surface area (Å²) in [5.74, 6) is 1.77. The number of aromatic nitrogens is 2. The van der Waals surface area contributed by atoms with Gasteiger partial charge in [0, 0.05) is 37.7 Å². The van der Waals surface area contributed by atoms with Crippen molar-refractivity contribution in [1.29, 1.82) is 0 Å². The molecule has 0 bridgehead atoms. The molecule has 0 N–H and O–H groups in total. The van der Waals surface area contributed by atoms with Crippen molar-refractivity contribution in [1.82, 2.24) is 14.5 Å². The molecule has 1 unspecified atom stereocenters. The summed E-state index contributed by atoms with van der Waals surface area (Å²) in [4.78, 5) is 35.4. The lowest BCUT2D eigenvalue weighted by Gasteiger charge is -2.27. The van der Waals surface area contributed by atoms with Gasteiger partial charge < -0.3 is 14.4 Å². The van der Waals surface area contributed by atoms with Crippen molar-refractivity contribution < 1.29 is 9.59 Å². The molecule has 3 aromatic rings. The molecule has 1 aliphatic rings. The van der Waals surface area contributed by atoms with Crippen LogP contribution >= 0.6 is 0 Å². The molecule has 0 aliphatic carbocycles. The van der Waals surface area contributed by atoms with Crippen LogP contribution in [0.3, 0.4) is 0 Å². The zero-order valence-electron chi connectivity index (χ0n) is 21.9. The van der Waals surface area contributed by atoms with Gasteiger partial charge in [0.05, 0.1) is 11.0 Å². The topological polar surface area (TPSA) is 58.4 Å². The SMILES string of the molecule is Cc1ccc(N2CC(c3nc4ccccc4n3CC(=O)N(CC(C)C)CC(C)C)CC2=O)c(C)c1. The van der Waals surface area contributed by atoms with Crippen LogP contribution in [0.2, 0.25) is 0 Å². The van der Waals surface area contributed by atoms with E-state index in [-0.39, 0.29) is 24.3 Å². The standard InChI is InChI=1S/C29H38N4O2/c1-19(2)15-31(16-20(3)4)28(35)18-33-26-10-8-7-9-24(26)30-29(33)23-14-27(34)32(17-23)25-12-11-21(5)13-22(25)6/h7-13,19-20,23H,14-18H2,1-6H3. The van der Waals surface area contributed by atoms with E-state index in [0.717, 1.165) is 41.2 Å². The summed E-state index contributed by atoms with van der Waals surface area (Å²) in [7, 11) is 0. The Hall–Kier alpha value is -3.15. The fraction of sp³-hybridized carbons (Fsp3) is 0.483. The number of carbonyl (C=O) groups excluding carboxylic acids is 2. The number of hydrogen-bond acceptors (Lipinski definition) is 3. The Labute approximate surface area is 208 Å². The third-order valence-electron chi connectivity index (χ3n) is 6.63. The van der Waals surface area contributed by atoms with Gasteiger partial charge in [-0.05, 0) is 49.4 Å². The second kappa shape index (κ2) is 10.2. The highest BCUT2D eigenvalue weighted by Gasteiger charge is 2.36. The lowest BCUT2D eigenvalue weighted by molar-refractivity contribution is -0.132. The van der Waals surface area contributed by atoms with E-state index >= 15 is 0 Å². The summed E-state index contributed by atoms with van der Waals surface area (Å²) in [6, 6.07) is 14.2. The summed E-state index contributed by atoms with van der Waals surface area (Å²) >= 11 is 0. The van der Waals surface area contributed by atoms with E-state index < -0.39 is 0 Å². The van der Waals surface area contributed by atoms with Crippen LogP contribution in [-0.2, 0) is 16.1 Å². The maximum atomic E-state index is 13.5. The number of imidazole rings is 1. The predicted molar refractivity (Wildman–Crippen MR) is 142 cm³/mol. The molecule has 1 saturated heterocycles. The monoisotopic (exact) mass is 474 g/mol. The van der Waals surface area contributed by atoms with Gasteiger partial charge in [-0.1, -0.05) is 57.5 Å². The van der Waals surface area contributed by atoms with Crippen LogP contribution in [0.1, 0.15) is 57.0 Å². The van der Waals surface area contributed by atoms with Crippen LogP contribution < -0.4 is 4.90 Å². The highest BCUT2D eigenvalue weighted by molar-refractivity contribution is 5.97. The van der Waals surface area contributed by atoms with Gasteiger partial charge in [0.1, 0.15) is 12.4 Å². The second-order valence-corrected chi connectivity index (χ2v) is 10.8. The fourth-order valence-electron chi connectivity index (χ4n) is 5.19. The third kappa shape index (κ3) is 5.42. The number of benzene rings is 2. The van der Waals surface area contributed by atoms with E-state index in [1.165, 1.54) is 5.56 Å². The third-order valence-corrected chi connectivity index (χ3v) is 6.63. The van der Waals surface area contributed by atoms with E-state index in [1.807, 2.05) is 40.1 Å². The summed E-state index contributed by atoms with van der Waals surface area (Å²) in [5.41, 5.74) is 5.05. The molecule has 0 radical (unpaired) electrons. The van der Waals surface area contributed by atoms with Crippen LogP contribution in [0.15, 0.2) is 42.5 Å². The minimum Gasteiger partial charge on any atom is -0.341 e. The lowest BCUT2D eigenvalue weighted by atomic mass is 10.1. The Bertz CT molecular complexity index is 1220. The van der Waals surface area contributed by atoms with E-state index in [0.29, 0.717) is 24.8 Å². The van der Waals surface area contributed by atoms with Crippen molar-refractivity contribution in [2.45, 2.75) is 60.4 Å². The van der Waals surface area contributed by atoms with Crippen LogP contribution in [0.25, 0.3) is 11.0 Å². The van der Waals surface area contributed by atoms with Crippen LogP contribution in [-0.4, -0.2) is 45.9 Å². The average Bonchev–Trinajstić information content (AvgIpc) is 3.33. The van der Waals surface area contributed by atoms with Gasteiger partial charge in [-0.25, -0.2) is 4.98 Å². The Morgan fingerprint density at radius 3 is 2.40 bits per heavy atom. The Kier molecular flexibility index (Phi) is 7.29. The van der Waals surface area contributed by atoms with Gasteiger partial charge in [-0.15, -0.1) is 0 Å². The largest absolute Gasteiger partial charge is 0.341 e. The Morgan fingerprint density at radius 1 is 1.06 bits per heavy atom. The van der Waals surface area contributed by atoms with E-state index in [2.05, 4.69) is 58.2 Å². The fourth-order valence-corrected chi connectivity index (χ4v) is 5.19. The number of aryl methyl sites for hydroxylation is 2. The lowest BCUT2D eigenvalue weighted by Crippen LogP contribution is -2.39. The number of rotatable bonds is 8. The van der Waals surface area contributed by atoms with Crippen LogP contribution in [0.5, 0.6) is 0 Å². The van der Waals surface area contributed by atoms with Crippen molar-refractivity contribution in [3.63, 3.8) is 0 Å². The zero-order valence-corrected chi connectivity index (χ0v) is 21.9. The number of amides is 2. The molecule has 6 nitrogen and oxygen atoms in total. The van der Waals surface area contributed by atoms with Gasteiger partial charge in [-0.2, -0.15) is 0 Å². The molecule has 2 amide bonds. The maximum Gasteiger partial charge on any atom is 0.242 e. The van der Waals surface area contributed by atoms with Crippen molar-refractivity contribution in [3.8, 4) is 0 Å². The molecule has 1 atom stereocenters. The predicted octanol–water partition coefficient (Wildman–Crippen LogP) is 5.31. The minimum absolute atomic E-state index is 0.0629. The van der Waals surface area contributed by atoms with E-state index in [9.17, 15) is 9.59 Å². The molecule has 2 aromatic carbocycles. The highest BCUT2D eigenvalue weighted by Crippen LogP contribution is 2.34. The minimum atomic E-state index is -0.0629. The molecule has 1 fully saturated rings. The molecule has 0 saturated carbocycles. The van der Waals surface area contributed by atoms with Gasteiger partial charge in [0.25, 0.3) is 0 Å². The summed E-state index contributed by atoms with van der Waals surface area (Å²) in [6.45, 7) is 15.0. The quantitative estimate of drug-likeness (QED) is 0.444. The summed E-state index contributed by atoms with van der Waals surface area (Å²) in [5, 5.41) is 0. The highest BCUT2D eigenvalue weighted by atomic mass is 16.2. The molecule has 6 heteroatoms. The average molecular weight is 475 g/mol. The summed E-state index contributed by atoms with van der Waals surface area (Å²) < 4.78 is 2.05. The molecule has 4 rings (SSSR count). The van der Waals surface area contributed by atoms with E-state index in [1.54, 1.807) is 0 Å². The van der Waals surface area contributed by atoms with Gasteiger partial charge in [0.2, 0.25) is 11.8 Å². The molecule has 0 spiro atoms. The first kappa shape index (κ1) is 25.0. The molecule has 186 valence electrons. The zero-order chi connectivity index (χ0) is 25.3. The molecule has 2 heterocycles. The first-order valence-corrected chi connectivity index (χ1v) is 12.7. The maximum absolute atomic E-state index is 13.5. The number of carbonyl (C=O) groups is 2. The van der Waals surface area contributed by atoms with Gasteiger partial charge >= 0.3 is 0 Å². The van der Waals surface area contributed by atoms with Crippen LogP contribution in [0.4, 0.5) is 5.69 Å². The van der Waals surface area contributed by atoms with Crippen molar-refractivity contribution in [2.75, 3.05) is 24.5 Å². The number of hydrogen-bond donors (Lipinski definition) is 0. The van der Waals surface area contributed by atoms with Gasteiger partial charge in [-0.3, -0.25) is 9.59 Å². The Balaban J connectivity index is 1.66. The molecule has 1 aliphatic heterocycles. The van der Waals surface area contributed by atoms with Crippen molar-refractivity contribution in [2.24, 2.45) is 11.8 Å².